The van der Waals surface area contributed by atoms with Crippen LogP contribution in [-0.2, 0) is 16.6 Å². The van der Waals surface area contributed by atoms with E-state index in [1.54, 1.807) is 0 Å². The summed E-state index contributed by atoms with van der Waals surface area (Å²) in [6.45, 7) is 7.86. The standard InChI is InChI=1S/C20H25N5O2/c1-20(2,3)18-13-25(23-21-18)14-8-10-24(11-9-14)19(26)12-16-15-6-4-5-7-17(15)27-22-16/h4-7,13-14H,8-12H2,1-3H3. The molecule has 1 aliphatic heterocycles. The summed E-state index contributed by atoms with van der Waals surface area (Å²) in [5, 5.41) is 13.6. The quantitative estimate of drug-likeness (QED) is 0.711. The predicted molar refractivity (Wildman–Crippen MR) is 101 cm³/mol. The second kappa shape index (κ2) is 6.79. The topological polar surface area (TPSA) is 77.0 Å². The normalized spacial score (nSPS) is 16.2. The van der Waals surface area contributed by atoms with Gasteiger partial charge in [0.15, 0.2) is 5.58 Å². The first kappa shape index (κ1) is 17.7. The molecule has 3 aromatic rings. The molecular formula is C20H25N5O2. The molecule has 1 fully saturated rings. The molecule has 1 aliphatic rings. The number of para-hydroxylation sites is 1. The number of carbonyl (C=O) groups excluding carboxylic acids is 1. The summed E-state index contributed by atoms with van der Waals surface area (Å²) in [5.41, 5.74) is 2.43. The van der Waals surface area contributed by atoms with Crippen LogP contribution < -0.4 is 0 Å². The lowest BCUT2D eigenvalue weighted by molar-refractivity contribution is -0.131. The summed E-state index contributed by atoms with van der Waals surface area (Å²) in [6.07, 6.45) is 4.10. The Balaban J connectivity index is 1.37. The van der Waals surface area contributed by atoms with E-state index in [0.29, 0.717) is 11.7 Å². The average Bonchev–Trinajstić information content (AvgIpc) is 3.30. The highest BCUT2D eigenvalue weighted by Gasteiger charge is 2.27. The number of piperidine rings is 1. The highest BCUT2D eigenvalue weighted by Crippen LogP contribution is 2.26. The van der Waals surface area contributed by atoms with Crippen LogP contribution in [0.4, 0.5) is 0 Å². The maximum atomic E-state index is 12.7. The van der Waals surface area contributed by atoms with Crippen molar-refractivity contribution in [2.75, 3.05) is 13.1 Å². The molecule has 0 bridgehead atoms. The fourth-order valence-electron chi connectivity index (χ4n) is 3.50. The smallest absolute Gasteiger partial charge is 0.228 e. The maximum absolute atomic E-state index is 12.7. The Labute approximate surface area is 158 Å². The van der Waals surface area contributed by atoms with E-state index in [1.165, 1.54) is 0 Å². The largest absolute Gasteiger partial charge is 0.356 e. The number of nitrogens with zero attached hydrogens (tertiary/aromatic N) is 5. The van der Waals surface area contributed by atoms with E-state index in [9.17, 15) is 4.79 Å². The molecule has 7 nitrogen and oxygen atoms in total. The molecule has 0 saturated carbocycles. The lowest BCUT2D eigenvalue weighted by atomic mass is 9.93. The zero-order valence-corrected chi connectivity index (χ0v) is 16.1. The van der Waals surface area contributed by atoms with Crippen molar-refractivity contribution in [3.63, 3.8) is 0 Å². The van der Waals surface area contributed by atoms with Crippen LogP contribution in [0.25, 0.3) is 11.0 Å². The monoisotopic (exact) mass is 367 g/mol. The number of benzene rings is 1. The minimum absolute atomic E-state index is 0.00468. The van der Waals surface area contributed by atoms with E-state index >= 15 is 0 Å². The molecule has 1 saturated heterocycles. The number of rotatable bonds is 3. The molecule has 7 heteroatoms. The lowest BCUT2D eigenvalue weighted by Crippen LogP contribution is -2.40. The Bertz CT molecular complexity index is 945. The number of carbonyl (C=O) groups is 1. The first-order valence-corrected chi connectivity index (χ1v) is 9.45. The molecule has 0 atom stereocenters. The van der Waals surface area contributed by atoms with Gasteiger partial charge in [-0.3, -0.25) is 4.79 Å². The number of aromatic nitrogens is 4. The van der Waals surface area contributed by atoms with Gasteiger partial charge >= 0.3 is 0 Å². The molecule has 27 heavy (non-hydrogen) atoms. The van der Waals surface area contributed by atoms with Gasteiger partial charge in [-0.15, -0.1) is 5.10 Å². The number of hydrogen-bond donors (Lipinski definition) is 0. The van der Waals surface area contributed by atoms with Crippen molar-refractivity contribution in [3.8, 4) is 0 Å². The van der Waals surface area contributed by atoms with Gasteiger partial charge in [0, 0.05) is 30.1 Å². The van der Waals surface area contributed by atoms with E-state index in [-0.39, 0.29) is 17.7 Å². The summed E-state index contributed by atoms with van der Waals surface area (Å²) in [6, 6.07) is 7.94. The van der Waals surface area contributed by atoms with Crippen LogP contribution in [0.15, 0.2) is 35.0 Å². The number of likely N-dealkylation sites (tertiary alicyclic amines) is 1. The molecule has 4 rings (SSSR count). The van der Waals surface area contributed by atoms with Gasteiger partial charge in [-0.25, -0.2) is 4.68 Å². The molecule has 0 unspecified atom stereocenters. The molecule has 0 N–H and O–H groups in total. The molecule has 2 aromatic heterocycles. The molecule has 1 aromatic carbocycles. The Morgan fingerprint density at radius 1 is 1.22 bits per heavy atom. The highest BCUT2D eigenvalue weighted by molar-refractivity contribution is 5.86. The van der Waals surface area contributed by atoms with Crippen LogP contribution in [0.3, 0.4) is 0 Å². The van der Waals surface area contributed by atoms with E-state index in [4.69, 9.17) is 4.52 Å². The first-order chi connectivity index (χ1) is 12.9. The lowest BCUT2D eigenvalue weighted by Gasteiger charge is -2.31. The summed E-state index contributed by atoms with van der Waals surface area (Å²) < 4.78 is 7.27. The molecule has 3 heterocycles. The van der Waals surface area contributed by atoms with Crippen molar-refractivity contribution in [2.45, 2.75) is 51.5 Å². The average molecular weight is 367 g/mol. The molecule has 1 amide bonds. The van der Waals surface area contributed by atoms with Crippen LogP contribution >= 0.6 is 0 Å². The number of amides is 1. The third kappa shape index (κ3) is 3.59. The molecular weight excluding hydrogens is 342 g/mol. The van der Waals surface area contributed by atoms with E-state index in [0.717, 1.165) is 42.6 Å². The van der Waals surface area contributed by atoms with Gasteiger partial charge in [0.25, 0.3) is 0 Å². The molecule has 0 radical (unpaired) electrons. The number of fused-ring (bicyclic) bond motifs is 1. The van der Waals surface area contributed by atoms with Crippen molar-refractivity contribution in [3.05, 3.63) is 41.9 Å². The van der Waals surface area contributed by atoms with Crippen LogP contribution in [0.2, 0.25) is 0 Å². The Morgan fingerprint density at radius 2 is 1.96 bits per heavy atom. The minimum Gasteiger partial charge on any atom is -0.356 e. The van der Waals surface area contributed by atoms with Crippen LogP contribution in [0, 0.1) is 0 Å². The van der Waals surface area contributed by atoms with E-state index in [2.05, 4.69) is 36.2 Å². The SMILES string of the molecule is CC(C)(C)c1cn(C2CCN(C(=O)Cc3noc4ccccc34)CC2)nn1. The Morgan fingerprint density at radius 3 is 2.67 bits per heavy atom. The summed E-state index contributed by atoms with van der Waals surface area (Å²) in [5.74, 6) is 0.0986. The van der Waals surface area contributed by atoms with Gasteiger partial charge in [0.2, 0.25) is 5.91 Å². The van der Waals surface area contributed by atoms with Crippen LogP contribution in [0.1, 0.15) is 51.0 Å². The maximum Gasteiger partial charge on any atom is 0.228 e. The number of hydrogen-bond acceptors (Lipinski definition) is 5. The fraction of sp³-hybridized carbons (Fsp3) is 0.500. The summed E-state index contributed by atoms with van der Waals surface area (Å²) in [7, 11) is 0. The fourth-order valence-corrected chi connectivity index (χ4v) is 3.50. The van der Waals surface area contributed by atoms with Crippen molar-refractivity contribution in [1.29, 1.82) is 0 Å². The third-order valence-corrected chi connectivity index (χ3v) is 5.24. The zero-order chi connectivity index (χ0) is 19.0. The Hall–Kier alpha value is -2.70. The highest BCUT2D eigenvalue weighted by atomic mass is 16.5. The minimum atomic E-state index is -0.00468. The van der Waals surface area contributed by atoms with Crippen molar-refractivity contribution in [1.82, 2.24) is 25.1 Å². The van der Waals surface area contributed by atoms with Gasteiger partial charge in [-0.2, -0.15) is 0 Å². The Kier molecular flexibility index (Phi) is 4.45. The predicted octanol–water partition coefficient (Wildman–Crippen LogP) is 3.12. The van der Waals surface area contributed by atoms with Crippen molar-refractivity contribution < 1.29 is 9.32 Å². The van der Waals surface area contributed by atoms with Crippen LogP contribution in [0.5, 0.6) is 0 Å². The third-order valence-electron chi connectivity index (χ3n) is 5.24. The van der Waals surface area contributed by atoms with E-state index in [1.807, 2.05) is 40.0 Å². The van der Waals surface area contributed by atoms with Crippen molar-refractivity contribution in [2.24, 2.45) is 0 Å². The second-order valence-electron chi connectivity index (χ2n) is 8.25. The second-order valence-corrected chi connectivity index (χ2v) is 8.25. The first-order valence-electron chi connectivity index (χ1n) is 9.45. The molecule has 142 valence electrons. The van der Waals surface area contributed by atoms with Crippen LogP contribution in [-0.4, -0.2) is 44.0 Å². The van der Waals surface area contributed by atoms with Gasteiger partial charge < -0.3 is 9.42 Å². The van der Waals surface area contributed by atoms with Gasteiger partial charge in [0.05, 0.1) is 18.2 Å². The molecule has 0 spiro atoms. The summed E-state index contributed by atoms with van der Waals surface area (Å²) in [4.78, 5) is 14.6. The van der Waals surface area contributed by atoms with Gasteiger partial charge in [-0.1, -0.05) is 43.3 Å². The zero-order valence-electron chi connectivity index (χ0n) is 16.1. The van der Waals surface area contributed by atoms with Gasteiger partial charge in [-0.05, 0) is 25.0 Å². The van der Waals surface area contributed by atoms with Crippen molar-refractivity contribution >= 4 is 16.9 Å². The van der Waals surface area contributed by atoms with Gasteiger partial charge in [0.1, 0.15) is 5.69 Å². The molecule has 0 aliphatic carbocycles. The summed E-state index contributed by atoms with van der Waals surface area (Å²) >= 11 is 0. The van der Waals surface area contributed by atoms with E-state index < -0.39 is 0 Å².